The van der Waals surface area contributed by atoms with E-state index in [9.17, 15) is 0 Å². The van der Waals surface area contributed by atoms with Gasteiger partial charge in [0.25, 0.3) is 5.95 Å². The number of hydrogen-bond donors (Lipinski definition) is 2. The van der Waals surface area contributed by atoms with E-state index in [4.69, 9.17) is 9.47 Å². The van der Waals surface area contributed by atoms with Crippen LogP contribution in [0.1, 0.15) is 11.1 Å². The second kappa shape index (κ2) is 5.69. The number of anilines is 1. The summed E-state index contributed by atoms with van der Waals surface area (Å²) in [7, 11) is 0. The molecule has 2 aromatic heterocycles. The normalized spacial score (nSPS) is 13.1. The Balaban J connectivity index is 1.40. The molecule has 128 valence electrons. The minimum Gasteiger partial charge on any atom is -0.454 e. The number of H-pyrrole nitrogens is 1. The van der Waals surface area contributed by atoms with Crippen LogP contribution in [0.3, 0.4) is 0 Å². The number of ether oxygens (including phenoxy) is 2. The molecule has 5 rings (SSSR count). The quantitative estimate of drug-likeness (QED) is 0.437. The van der Waals surface area contributed by atoms with E-state index < -0.39 is 0 Å². The summed E-state index contributed by atoms with van der Waals surface area (Å²) >= 11 is 0. The number of aromatic nitrogens is 4. The van der Waals surface area contributed by atoms with Crippen molar-refractivity contribution in [3.05, 3.63) is 47.5 Å². The molecule has 0 spiro atoms. The molecule has 0 saturated carbocycles. The van der Waals surface area contributed by atoms with Gasteiger partial charge in [0.1, 0.15) is 5.52 Å². The summed E-state index contributed by atoms with van der Waals surface area (Å²) in [5.41, 5.74) is 7.23. The van der Waals surface area contributed by atoms with Crippen molar-refractivity contribution in [2.45, 2.75) is 6.92 Å². The molecule has 0 saturated heterocycles. The van der Waals surface area contributed by atoms with Gasteiger partial charge in [-0.2, -0.15) is 10.1 Å². The van der Waals surface area contributed by atoms with Crippen molar-refractivity contribution in [2.75, 3.05) is 12.2 Å². The van der Waals surface area contributed by atoms with Crippen LogP contribution in [0.5, 0.6) is 11.5 Å². The molecule has 8 nitrogen and oxygen atoms in total. The largest absolute Gasteiger partial charge is 0.454 e. The Kier molecular flexibility index (Phi) is 3.21. The third-order valence-corrected chi connectivity index (χ3v) is 4.14. The fourth-order valence-corrected chi connectivity index (χ4v) is 2.89. The smallest absolute Gasteiger partial charge is 0.265 e. The van der Waals surface area contributed by atoms with Crippen LogP contribution in [-0.4, -0.2) is 33.2 Å². The van der Waals surface area contributed by atoms with Crippen LogP contribution in [0, 0.1) is 6.92 Å². The second-order valence-electron chi connectivity index (χ2n) is 5.99. The van der Waals surface area contributed by atoms with Crippen molar-refractivity contribution < 1.29 is 9.47 Å². The molecule has 0 unspecified atom stereocenters. The highest BCUT2D eigenvalue weighted by molar-refractivity contribution is 6.03. The van der Waals surface area contributed by atoms with Gasteiger partial charge in [0.05, 0.1) is 6.21 Å². The predicted octanol–water partition coefficient (Wildman–Crippen LogP) is 2.99. The molecule has 1 aliphatic heterocycles. The molecule has 2 aromatic carbocycles. The molecular formula is C18H14N6O2. The minimum absolute atomic E-state index is 0.248. The van der Waals surface area contributed by atoms with Gasteiger partial charge in [-0.25, -0.2) is 5.43 Å². The van der Waals surface area contributed by atoms with E-state index in [1.807, 2.05) is 37.3 Å². The first-order valence-electron chi connectivity index (χ1n) is 8.08. The highest BCUT2D eigenvalue weighted by Crippen LogP contribution is 2.32. The van der Waals surface area contributed by atoms with Gasteiger partial charge in [0.2, 0.25) is 6.79 Å². The van der Waals surface area contributed by atoms with Gasteiger partial charge >= 0.3 is 0 Å². The lowest BCUT2D eigenvalue weighted by molar-refractivity contribution is 0.174. The molecule has 4 aromatic rings. The molecule has 0 amide bonds. The molecule has 3 heterocycles. The van der Waals surface area contributed by atoms with Gasteiger partial charge < -0.3 is 14.5 Å². The lowest BCUT2D eigenvalue weighted by Gasteiger charge is -1.99. The van der Waals surface area contributed by atoms with Crippen molar-refractivity contribution in [1.29, 1.82) is 0 Å². The van der Waals surface area contributed by atoms with Crippen LogP contribution in [0.25, 0.3) is 22.1 Å². The van der Waals surface area contributed by atoms with Gasteiger partial charge in [-0.05, 0) is 42.8 Å². The van der Waals surface area contributed by atoms with Gasteiger partial charge in [0.15, 0.2) is 17.1 Å². The topological polar surface area (TPSA) is 97.3 Å². The van der Waals surface area contributed by atoms with Gasteiger partial charge in [-0.3, -0.25) is 0 Å². The Labute approximate surface area is 147 Å². The van der Waals surface area contributed by atoms with E-state index in [-0.39, 0.29) is 6.79 Å². The SMILES string of the molecule is Cc1ccc2[nH]c3nc(N/N=C/c4ccc5c(c4)OCO5)nnc3c2c1. The van der Waals surface area contributed by atoms with E-state index in [0.717, 1.165) is 33.3 Å². The third-order valence-electron chi connectivity index (χ3n) is 4.14. The van der Waals surface area contributed by atoms with Crippen molar-refractivity contribution in [2.24, 2.45) is 5.10 Å². The zero-order valence-electron chi connectivity index (χ0n) is 13.9. The van der Waals surface area contributed by atoms with Crippen molar-refractivity contribution >= 4 is 34.2 Å². The molecule has 0 fully saturated rings. The average Bonchev–Trinajstić information content (AvgIpc) is 3.25. The molecule has 0 atom stereocenters. The van der Waals surface area contributed by atoms with E-state index >= 15 is 0 Å². The van der Waals surface area contributed by atoms with Crippen molar-refractivity contribution in [3.63, 3.8) is 0 Å². The van der Waals surface area contributed by atoms with Crippen LogP contribution < -0.4 is 14.9 Å². The Morgan fingerprint density at radius 2 is 2.04 bits per heavy atom. The average molecular weight is 346 g/mol. The predicted molar refractivity (Wildman–Crippen MR) is 97.7 cm³/mol. The number of hydrazone groups is 1. The molecule has 0 bridgehead atoms. The number of nitrogens with zero attached hydrogens (tertiary/aromatic N) is 4. The fourth-order valence-electron chi connectivity index (χ4n) is 2.89. The van der Waals surface area contributed by atoms with E-state index in [2.05, 4.69) is 36.8 Å². The molecular weight excluding hydrogens is 332 g/mol. The summed E-state index contributed by atoms with van der Waals surface area (Å²) in [6, 6.07) is 11.7. The molecule has 26 heavy (non-hydrogen) atoms. The fraction of sp³-hybridized carbons (Fsp3) is 0.111. The molecule has 2 N–H and O–H groups in total. The zero-order chi connectivity index (χ0) is 17.5. The molecule has 0 radical (unpaired) electrons. The first-order chi connectivity index (χ1) is 12.8. The highest BCUT2D eigenvalue weighted by Gasteiger charge is 2.12. The standard InChI is InChI=1S/C18H14N6O2/c1-10-2-4-13-12(6-10)16-17(20-13)21-18(24-22-16)23-19-8-11-3-5-14-15(7-11)26-9-25-14/h2-8H,9H2,1H3,(H2,20,21,23,24)/b19-8+. The van der Waals surface area contributed by atoms with E-state index in [1.54, 1.807) is 6.21 Å². The summed E-state index contributed by atoms with van der Waals surface area (Å²) in [5, 5.41) is 13.5. The number of nitrogens with one attached hydrogen (secondary N) is 2. The first-order valence-corrected chi connectivity index (χ1v) is 8.08. The van der Waals surface area contributed by atoms with Crippen molar-refractivity contribution in [3.8, 4) is 11.5 Å². The number of hydrogen-bond acceptors (Lipinski definition) is 7. The van der Waals surface area contributed by atoms with Gasteiger partial charge in [-0.15, -0.1) is 10.2 Å². The van der Waals surface area contributed by atoms with Crippen LogP contribution in [0.15, 0.2) is 41.5 Å². The molecule has 1 aliphatic rings. The summed E-state index contributed by atoms with van der Waals surface area (Å²) < 4.78 is 10.6. The monoisotopic (exact) mass is 346 g/mol. The second-order valence-corrected chi connectivity index (χ2v) is 5.99. The molecule has 0 aliphatic carbocycles. The third kappa shape index (κ3) is 2.48. The van der Waals surface area contributed by atoms with Crippen LogP contribution >= 0.6 is 0 Å². The lowest BCUT2D eigenvalue weighted by atomic mass is 10.2. The number of aryl methyl sites for hydroxylation is 1. The Morgan fingerprint density at radius 3 is 3.00 bits per heavy atom. The highest BCUT2D eigenvalue weighted by atomic mass is 16.7. The summed E-state index contributed by atoms with van der Waals surface area (Å²) in [6.45, 7) is 2.29. The van der Waals surface area contributed by atoms with Gasteiger partial charge in [-0.1, -0.05) is 11.6 Å². The Hall–Kier alpha value is -3.68. The van der Waals surface area contributed by atoms with E-state index in [0.29, 0.717) is 17.3 Å². The first kappa shape index (κ1) is 14.6. The van der Waals surface area contributed by atoms with Crippen LogP contribution in [0.4, 0.5) is 5.95 Å². The summed E-state index contributed by atoms with van der Waals surface area (Å²) in [4.78, 5) is 7.68. The zero-order valence-corrected chi connectivity index (χ0v) is 13.9. The minimum atomic E-state index is 0.248. The summed E-state index contributed by atoms with van der Waals surface area (Å²) in [6.07, 6.45) is 1.66. The number of benzene rings is 2. The Morgan fingerprint density at radius 1 is 1.12 bits per heavy atom. The number of rotatable bonds is 3. The van der Waals surface area contributed by atoms with E-state index in [1.165, 1.54) is 0 Å². The Bertz CT molecular complexity index is 1170. The maximum Gasteiger partial charge on any atom is 0.265 e. The maximum atomic E-state index is 5.35. The van der Waals surface area contributed by atoms with Crippen LogP contribution in [-0.2, 0) is 0 Å². The summed E-state index contributed by atoms with van der Waals surface area (Å²) in [5.74, 6) is 1.77. The maximum absolute atomic E-state index is 5.35. The lowest BCUT2D eigenvalue weighted by Crippen LogP contribution is -1.99. The number of fused-ring (bicyclic) bond motifs is 4. The van der Waals surface area contributed by atoms with Crippen LogP contribution in [0.2, 0.25) is 0 Å². The van der Waals surface area contributed by atoms with Gasteiger partial charge in [0, 0.05) is 10.9 Å². The number of aromatic amines is 1. The molecule has 8 heteroatoms. The van der Waals surface area contributed by atoms with Crippen molar-refractivity contribution in [1.82, 2.24) is 20.2 Å².